The van der Waals surface area contributed by atoms with E-state index in [0.717, 1.165) is 0 Å². The van der Waals surface area contributed by atoms with Crippen LogP contribution in [-0.4, -0.2) is 0 Å². The summed E-state index contributed by atoms with van der Waals surface area (Å²) in [6.45, 7) is 0. The van der Waals surface area contributed by atoms with Crippen molar-refractivity contribution in [2.45, 2.75) is 0 Å². The standard InChI is InChI=1S/CHNS.K/c2-1-3;/h3H;/q;+1/p-1/i1+1;. The molecule has 0 aliphatic rings. The summed E-state index contributed by atoms with van der Waals surface area (Å²) < 4.78 is 0. The Bertz CT molecular complexity index is 29.5. The molecule has 0 heterocycles. The minimum atomic E-state index is 0. The quantitative estimate of drug-likeness (QED) is 0.140. The summed E-state index contributed by atoms with van der Waals surface area (Å²) in [7, 11) is 0. The van der Waals surface area contributed by atoms with Gasteiger partial charge in [-0.05, 0) is 0 Å². The molecule has 0 aromatic heterocycles. The summed E-state index contributed by atoms with van der Waals surface area (Å²) in [5.41, 5.74) is 0. The van der Waals surface area contributed by atoms with E-state index >= 15 is 0 Å². The van der Waals surface area contributed by atoms with E-state index in [1.807, 2.05) is 0 Å². The predicted molar refractivity (Wildman–Crippen MR) is 13.0 cm³/mol. The fourth-order valence-electron chi connectivity index (χ4n) is 0. The SMILES string of the molecule is N#[13C][S-].[K+]. The molecule has 0 unspecified atom stereocenters. The number of hydrogen-bond acceptors (Lipinski definition) is 2. The molecule has 4 heavy (non-hydrogen) atoms. The molecule has 0 rings (SSSR count). The van der Waals surface area contributed by atoms with E-state index in [0.29, 0.717) is 0 Å². The zero-order valence-corrected chi connectivity index (χ0v) is 6.30. The van der Waals surface area contributed by atoms with E-state index in [-0.39, 0.29) is 51.4 Å². The second-order valence-corrected chi connectivity index (χ2v) is 0.274. The Labute approximate surface area is 73.2 Å². The normalized spacial score (nSPS) is 1.75. The first-order valence-corrected chi connectivity index (χ1v) is 0.836. The summed E-state index contributed by atoms with van der Waals surface area (Å²) in [5.74, 6) is 0. The van der Waals surface area contributed by atoms with Crippen molar-refractivity contribution in [2.24, 2.45) is 0 Å². The van der Waals surface area contributed by atoms with E-state index in [4.69, 9.17) is 5.26 Å². The molecule has 0 aliphatic carbocycles. The molecule has 0 aromatic rings. The van der Waals surface area contributed by atoms with Gasteiger partial charge in [-0.15, -0.1) is 0 Å². The molecule has 0 N–H and O–H groups in total. The Balaban J connectivity index is 0. The molecule has 1 nitrogen and oxygen atoms in total. The fourth-order valence-corrected chi connectivity index (χ4v) is 0. The molecule has 0 saturated carbocycles. The van der Waals surface area contributed by atoms with Gasteiger partial charge in [-0.3, -0.25) is 0 Å². The van der Waals surface area contributed by atoms with E-state index in [1.165, 1.54) is 5.40 Å². The minimum absolute atomic E-state index is 0. The summed E-state index contributed by atoms with van der Waals surface area (Å²) >= 11 is 3.70. The van der Waals surface area contributed by atoms with Crippen LogP contribution in [-0.2, 0) is 12.6 Å². The van der Waals surface area contributed by atoms with Crippen LogP contribution in [0.25, 0.3) is 0 Å². The van der Waals surface area contributed by atoms with Gasteiger partial charge < -0.3 is 12.6 Å². The molecule has 0 radical (unpaired) electrons. The van der Waals surface area contributed by atoms with E-state index in [1.54, 1.807) is 0 Å². The van der Waals surface area contributed by atoms with Gasteiger partial charge in [0.2, 0.25) is 0 Å². The smallest absolute Gasteiger partial charge is 0.696 e. The van der Waals surface area contributed by atoms with Crippen LogP contribution in [0.5, 0.6) is 0 Å². The number of hydrogen-bond donors (Lipinski definition) is 0. The molecular weight excluding hydrogens is 98.2 g/mol. The largest absolute Gasteiger partial charge is 1.00 e. The molecule has 0 aromatic carbocycles. The van der Waals surface area contributed by atoms with Gasteiger partial charge in [0, 0.05) is 0 Å². The van der Waals surface area contributed by atoms with Gasteiger partial charge in [0.15, 0.2) is 0 Å². The average molecular weight is 98.2 g/mol. The Morgan fingerprint density at radius 2 is 1.75 bits per heavy atom. The van der Waals surface area contributed by atoms with Crippen molar-refractivity contribution >= 4 is 12.6 Å². The van der Waals surface area contributed by atoms with Crippen molar-refractivity contribution in [3.05, 3.63) is 0 Å². The van der Waals surface area contributed by atoms with Crippen LogP contribution in [0.3, 0.4) is 0 Å². The molecular formula is CKNS. The van der Waals surface area contributed by atoms with Crippen LogP contribution in [0.1, 0.15) is 0 Å². The molecule has 0 amide bonds. The second-order valence-electron chi connectivity index (χ2n) is 0.0913. The van der Waals surface area contributed by atoms with Gasteiger partial charge in [0.1, 0.15) is 0 Å². The number of thiocyanates is 1. The van der Waals surface area contributed by atoms with Gasteiger partial charge in [-0.2, -0.15) is 0 Å². The summed E-state index contributed by atoms with van der Waals surface area (Å²) in [5, 5.41) is 8.47. The third kappa shape index (κ3) is 10.2. The Morgan fingerprint density at radius 1 is 1.75 bits per heavy atom. The molecule has 0 aliphatic heterocycles. The zero-order valence-electron chi connectivity index (χ0n) is 2.36. The van der Waals surface area contributed by atoms with Crippen molar-refractivity contribution in [2.75, 3.05) is 0 Å². The number of nitriles is 1. The first-order valence-electron chi connectivity index (χ1n) is 0.428. The molecule has 0 spiro atoms. The topological polar surface area (TPSA) is 23.8 Å². The first kappa shape index (κ1) is 9.02. The van der Waals surface area contributed by atoms with Crippen molar-refractivity contribution in [1.82, 2.24) is 0 Å². The molecule has 0 fully saturated rings. The zero-order chi connectivity index (χ0) is 2.71. The predicted octanol–water partition coefficient (Wildman–Crippen LogP) is -2.98. The first-order chi connectivity index (χ1) is 1.41. The van der Waals surface area contributed by atoms with Gasteiger partial charge in [-0.25, -0.2) is 5.26 Å². The van der Waals surface area contributed by atoms with Gasteiger partial charge in [0.05, 0.1) is 0 Å². The van der Waals surface area contributed by atoms with Crippen molar-refractivity contribution < 1.29 is 51.4 Å². The summed E-state index contributed by atoms with van der Waals surface area (Å²) in [6.07, 6.45) is 0. The van der Waals surface area contributed by atoms with Crippen molar-refractivity contribution in [3.63, 3.8) is 0 Å². The van der Waals surface area contributed by atoms with Crippen LogP contribution < -0.4 is 51.4 Å². The number of rotatable bonds is 0. The molecule has 0 bridgehead atoms. The van der Waals surface area contributed by atoms with E-state index < -0.39 is 0 Å². The van der Waals surface area contributed by atoms with Crippen LogP contribution in [0.4, 0.5) is 0 Å². The van der Waals surface area contributed by atoms with E-state index in [2.05, 4.69) is 12.6 Å². The third-order valence-corrected chi connectivity index (χ3v) is 0. The molecule has 16 valence electrons. The fraction of sp³-hybridized carbons (Fsp3) is 0. The Hall–Kier alpha value is 1.35. The summed E-state index contributed by atoms with van der Waals surface area (Å²) in [4.78, 5) is 0. The van der Waals surface area contributed by atoms with Gasteiger partial charge >= 0.3 is 51.4 Å². The Morgan fingerprint density at radius 3 is 1.75 bits per heavy atom. The van der Waals surface area contributed by atoms with Crippen LogP contribution in [0, 0.1) is 10.7 Å². The monoisotopic (exact) mass is 97.9 g/mol. The van der Waals surface area contributed by atoms with Gasteiger partial charge in [0.25, 0.3) is 0 Å². The molecule has 0 saturated heterocycles. The maximum Gasteiger partial charge on any atom is 1.00 e. The average Bonchev–Trinajstić information content (AvgIpc) is 0.918. The number of nitrogens with zero attached hydrogens (tertiary/aromatic N) is 1. The molecule has 0 atom stereocenters. The van der Waals surface area contributed by atoms with Crippen LogP contribution in [0.15, 0.2) is 0 Å². The molecule has 3 heteroatoms. The van der Waals surface area contributed by atoms with Gasteiger partial charge in [-0.1, -0.05) is 5.40 Å². The van der Waals surface area contributed by atoms with Crippen LogP contribution in [0.2, 0.25) is 0 Å². The van der Waals surface area contributed by atoms with Crippen molar-refractivity contribution in [1.29, 1.82) is 5.26 Å². The van der Waals surface area contributed by atoms with Crippen LogP contribution >= 0.6 is 0 Å². The van der Waals surface area contributed by atoms with E-state index in [9.17, 15) is 0 Å². The summed E-state index contributed by atoms with van der Waals surface area (Å²) in [6, 6.07) is 0. The maximum absolute atomic E-state index is 7.13. The maximum atomic E-state index is 7.13. The second kappa shape index (κ2) is 8.84. The van der Waals surface area contributed by atoms with Crippen molar-refractivity contribution in [3.8, 4) is 5.40 Å². The Kier molecular flexibility index (Phi) is 19.9. The minimum Gasteiger partial charge on any atom is -0.696 e. The third-order valence-electron chi connectivity index (χ3n) is 0.